The maximum Gasteiger partial charge on any atom is 0.236 e. The number of carbonyl (C=O) groups excluding carboxylic acids is 1. The number of methoxy groups -OCH3 is 1. The number of amides is 1. The second-order valence-corrected chi connectivity index (χ2v) is 5.33. The number of rotatable bonds is 8. The third-order valence-corrected chi connectivity index (χ3v) is 3.78. The Morgan fingerprint density at radius 3 is 2.78 bits per heavy atom. The number of hydrogen-bond acceptors (Lipinski definition) is 3. The molecular formula is C14H28N2O2. The van der Waals surface area contributed by atoms with Gasteiger partial charge in [-0.15, -0.1) is 0 Å². The number of nitrogens with two attached hydrogens (primary N) is 1. The van der Waals surface area contributed by atoms with Crippen molar-refractivity contribution in [3.8, 4) is 0 Å². The average Bonchev–Trinajstić information content (AvgIpc) is 2.40. The first kappa shape index (κ1) is 15.4. The minimum atomic E-state index is -0.383. The highest BCUT2D eigenvalue weighted by molar-refractivity contribution is 5.81. The van der Waals surface area contributed by atoms with Crippen molar-refractivity contribution in [2.75, 3.05) is 20.3 Å². The molecule has 1 amide bonds. The monoisotopic (exact) mass is 256 g/mol. The van der Waals surface area contributed by atoms with Gasteiger partial charge in [-0.3, -0.25) is 4.79 Å². The van der Waals surface area contributed by atoms with E-state index in [9.17, 15) is 4.79 Å². The van der Waals surface area contributed by atoms with Crippen LogP contribution in [0.25, 0.3) is 0 Å². The first-order valence-electron chi connectivity index (χ1n) is 7.26. The number of hydrogen-bond donors (Lipinski definition) is 2. The van der Waals surface area contributed by atoms with Crippen LogP contribution < -0.4 is 11.1 Å². The zero-order chi connectivity index (χ0) is 13.2. The largest absolute Gasteiger partial charge is 0.385 e. The highest BCUT2D eigenvalue weighted by Crippen LogP contribution is 2.25. The van der Waals surface area contributed by atoms with Gasteiger partial charge in [-0.2, -0.15) is 0 Å². The van der Waals surface area contributed by atoms with E-state index >= 15 is 0 Å². The Bertz CT molecular complexity index is 228. The standard InChI is InChI=1S/C14H28N2O2/c1-18-11-5-8-13(15)14(17)16-10-9-12-6-3-2-4-7-12/h12-13H,2-11,15H2,1H3,(H,16,17). The van der Waals surface area contributed by atoms with E-state index in [0.717, 1.165) is 25.3 Å². The molecule has 1 atom stereocenters. The van der Waals surface area contributed by atoms with E-state index in [0.29, 0.717) is 13.0 Å². The van der Waals surface area contributed by atoms with E-state index in [-0.39, 0.29) is 11.9 Å². The van der Waals surface area contributed by atoms with Gasteiger partial charge in [0.2, 0.25) is 5.91 Å². The van der Waals surface area contributed by atoms with Crippen molar-refractivity contribution in [1.82, 2.24) is 5.32 Å². The maximum atomic E-state index is 11.7. The van der Waals surface area contributed by atoms with E-state index in [1.54, 1.807) is 7.11 Å². The van der Waals surface area contributed by atoms with Gasteiger partial charge in [0, 0.05) is 20.3 Å². The molecule has 0 spiro atoms. The lowest BCUT2D eigenvalue weighted by molar-refractivity contribution is -0.122. The highest BCUT2D eigenvalue weighted by Gasteiger charge is 2.15. The normalized spacial score (nSPS) is 18.6. The second kappa shape index (κ2) is 9.34. The van der Waals surface area contributed by atoms with Crippen molar-refractivity contribution in [3.63, 3.8) is 0 Å². The molecule has 1 fully saturated rings. The van der Waals surface area contributed by atoms with Gasteiger partial charge in [0.1, 0.15) is 0 Å². The smallest absolute Gasteiger partial charge is 0.236 e. The fourth-order valence-corrected chi connectivity index (χ4v) is 2.59. The summed E-state index contributed by atoms with van der Waals surface area (Å²) < 4.78 is 4.95. The Labute approximate surface area is 111 Å². The molecule has 1 aliphatic carbocycles. The zero-order valence-electron chi connectivity index (χ0n) is 11.6. The predicted molar refractivity (Wildman–Crippen MR) is 73.3 cm³/mol. The van der Waals surface area contributed by atoms with Gasteiger partial charge in [0.15, 0.2) is 0 Å². The number of carbonyl (C=O) groups is 1. The summed E-state index contributed by atoms with van der Waals surface area (Å²) in [6, 6.07) is -0.383. The van der Waals surface area contributed by atoms with E-state index in [2.05, 4.69) is 5.32 Å². The van der Waals surface area contributed by atoms with Crippen molar-refractivity contribution in [1.29, 1.82) is 0 Å². The topological polar surface area (TPSA) is 64.3 Å². The minimum absolute atomic E-state index is 0.0121. The Kier molecular flexibility index (Phi) is 8.01. The molecule has 0 saturated heterocycles. The summed E-state index contributed by atoms with van der Waals surface area (Å²) in [5.74, 6) is 0.797. The molecular weight excluding hydrogens is 228 g/mol. The fourth-order valence-electron chi connectivity index (χ4n) is 2.59. The summed E-state index contributed by atoms with van der Waals surface area (Å²) in [6.07, 6.45) is 9.40. The first-order valence-corrected chi connectivity index (χ1v) is 7.26. The lowest BCUT2D eigenvalue weighted by Gasteiger charge is -2.21. The molecule has 1 aliphatic rings. The van der Waals surface area contributed by atoms with Crippen LogP contribution in [0.4, 0.5) is 0 Å². The summed E-state index contributed by atoms with van der Waals surface area (Å²) in [5, 5.41) is 2.95. The Balaban J connectivity index is 2.04. The predicted octanol–water partition coefficient (Wildman–Crippen LogP) is 1.83. The SMILES string of the molecule is COCCCC(N)C(=O)NCCC1CCCCC1. The van der Waals surface area contributed by atoms with E-state index < -0.39 is 0 Å². The van der Waals surface area contributed by atoms with Gasteiger partial charge < -0.3 is 15.8 Å². The number of ether oxygens (including phenoxy) is 1. The van der Waals surface area contributed by atoms with E-state index in [1.807, 2.05) is 0 Å². The van der Waals surface area contributed by atoms with Crippen molar-refractivity contribution in [2.45, 2.75) is 57.4 Å². The zero-order valence-corrected chi connectivity index (χ0v) is 11.6. The Hall–Kier alpha value is -0.610. The molecule has 4 nitrogen and oxygen atoms in total. The maximum absolute atomic E-state index is 11.7. The molecule has 1 unspecified atom stereocenters. The molecule has 106 valence electrons. The summed E-state index contributed by atoms with van der Waals surface area (Å²) in [6.45, 7) is 1.45. The Morgan fingerprint density at radius 1 is 1.39 bits per heavy atom. The van der Waals surface area contributed by atoms with Crippen LogP contribution in [0.15, 0.2) is 0 Å². The van der Waals surface area contributed by atoms with Crippen molar-refractivity contribution >= 4 is 5.91 Å². The van der Waals surface area contributed by atoms with E-state index in [1.165, 1.54) is 32.1 Å². The van der Waals surface area contributed by atoms with Crippen LogP contribution in [0.1, 0.15) is 51.4 Å². The fraction of sp³-hybridized carbons (Fsp3) is 0.929. The van der Waals surface area contributed by atoms with Crippen molar-refractivity contribution in [2.24, 2.45) is 11.7 Å². The average molecular weight is 256 g/mol. The van der Waals surface area contributed by atoms with Gasteiger partial charge in [-0.25, -0.2) is 0 Å². The molecule has 1 rings (SSSR count). The second-order valence-electron chi connectivity index (χ2n) is 5.33. The van der Waals surface area contributed by atoms with Crippen LogP contribution in [0.5, 0.6) is 0 Å². The summed E-state index contributed by atoms with van der Waals surface area (Å²) in [4.78, 5) is 11.7. The van der Waals surface area contributed by atoms with E-state index in [4.69, 9.17) is 10.5 Å². The third-order valence-electron chi connectivity index (χ3n) is 3.78. The van der Waals surface area contributed by atoms with Crippen LogP contribution in [0.3, 0.4) is 0 Å². The Morgan fingerprint density at radius 2 is 2.11 bits per heavy atom. The van der Waals surface area contributed by atoms with Crippen LogP contribution in [0, 0.1) is 5.92 Å². The van der Waals surface area contributed by atoms with Gasteiger partial charge in [0.05, 0.1) is 6.04 Å². The van der Waals surface area contributed by atoms with Crippen LogP contribution in [-0.2, 0) is 9.53 Å². The first-order chi connectivity index (χ1) is 8.74. The lowest BCUT2D eigenvalue weighted by atomic mass is 9.87. The lowest BCUT2D eigenvalue weighted by Crippen LogP contribution is -2.41. The van der Waals surface area contributed by atoms with Crippen LogP contribution in [0.2, 0.25) is 0 Å². The quantitative estimate of drug-likeness (QED) is 0.651. The minimum Gasteiger partial charge on any atom is -0.385 e. The molecule has 0 radical (unpaired) electrons. The summed E-state index contributed by atoms with van der Waals surface area (Å²) >= 11 is 0. The molecule has 0 aromatic rings. The molecule has 1 saturated carbocycles. The van der Waals surface area contributed by atoms with Crippen LogP contribution in [-0.4, -0.2) is 32.2 Å². The molecule has 4 heteroatoms. The molecule has 0 heterocycles. The number of nitrogens with one attached hydrogen (secondary N) is 1. The molecule has 0 aromatic heterocycles. The summed E-state index contributed by atoms with van der Waals surface area (Å²) in [5.41, 5.74) is 5.81. The molecule has 0 bridgehead atoms. The van der Waals surface area contributed by atoms with Crippen LogP contribution >= 0.6 is 0 Å². The van der Waals surface area contributed by atoms with Gasteiger partial charge in [-0.1, -0.05) is 32.1 Å². The highest BCUT2D eigenvalue weighted by atomic mass is 16.5. The van der Waals surface area contributed by atoms with Gasteiger partial charge >= 0.3 is 0 Å². The third kappa shape index (κ3) is 6.36. The van der Waals surface area contributed by atoms with Crippen molar-refractivity contribution in [3.05, 3.63) is 0 Å². The molecule has 0 aromatic carbocycles. The molecule has 18 heavy (non-hydrogen) atoms. The van der Waals surface area contributed by atoms with Gasteiger partial charge in [0.25, 0.3) is 0 Å². The summed E-state index contributed by atoms with van der Waals surface area (Å²) in [7, 11) is 1.66. The van der Waals surface area contributed by atoms with Crippen molar-refractivity contribution < 1.29 is 9.53 Å². The van der Waals surface area contributed by atoms with Gasteiger partial charge in [-0.05, 0) is 25.2 Å². The molecule has 3 N–H and O–H groups in total. The molecule has 0 aliphatic heterocycles.